The average molecular weight is 360 g/mol. The SMILES string of the molecule is Cc1nc2ccccn2c1C(=O)NCCCCCC(=O)NC(C)C(=O)O. The van der Waals surface area contributed by atoms with Gasteiger partial charge in [-0.3, -0.25) is 18.8 Å². The Morgan fingerprint density at radius 2 is 2.00 bits per heavy atom. The summed E-state index contributed by atoms with van der Waals surface area (Å²) in [5, 5.41) is 14.0. The average Bonchev–Trinajstić information content (AvgIpc) is 2.93. The number of carboxylic acid groups (broad SMARTS) is 1. The van der Waals surface area contributed by atoms with Crippen LogP contribution in [0, 0.1) is 6.92 Å². The second kappa shape index (κ2) is 8.98. The van der Waals surface area contributed by atoms with Gasteiger partial charge in [-0.2, -0.15) is 0 Å². The standard InChI is InChI=1S/C18H24N4O4/c1-12-16(22-11-7-5-8-14(22)20-12)17(24)19-10-6-3-4-9-15(23)21-13(2)18(25)26/h5,7-8,11,13H,3-4,6,9-10H2,1-2H3,(H,19,24)(H,21,23)(H,25,26). The number of nitrogens with zero attached hydrogens (tertiary/aromatic N) is 2. The number of aryl methyl sites for hydroxylation is 1. The Morgan fingerprint density at radius 1 is 1.23 bits per heavy atom. The van der Waals surface area contributed by atoms with Crippen molar-refractivity contribution in [3.63, 3.8) is 0 Å². The first kappa shape index (κ1) is 19.4. The minimum Gasteiger partial charge on any atom is -0.480 e. The molecular formula is C18H24N4O4. The lowest BCUT2D eigenvalue weighted by atomic mass is 10.1. The normalized spacial score (nSPS) is 11.9. The van der Waals surface area contributed by atoms with Crippen molar-refractivity contribution in [1.29, 1.82) is 0 Å². The molecule has 2 rings (SSSR count). The number of fused-ring (bicyclic) bond motifs is 1. The van der Waals surface area contributed by atoms with Gasteiger partial charge in [-0.1, -0.05) is 12.5 Å². The number of hydrogen-bond acceptors (Lipinski definition) is 4. The van der Waals surface area contributed by atoms with Crippen LogP contribution in [0.15, 0.2) is 24.4 Å². The summed E-state index contributed by atoms with van der Waals surface area (Å²) in [6, 6.07) is 4.69. The summed E-state index contributed by atoms with van der Waals surface area (Å²) < 4.78 is 1.76. The highest BCUT2D eigenvalue weighted by atomic mass is 16.4. The molecule has 0 radical (unpaired) electrons. The lowest BCUT2D eigenvalue weighted by Crippen LogP contribution is -2.38. The van der Waals surface area contributed by atoms with E-state index in [9.17, 15) is 14.4 Å². The third kappa shape index (κ3) is 5.05. The first-order valence-corrected chi connectivity index (χ1v) is 8.64. The van der Waals surface area contributed by atoms with Gasteiger partial charge in [0.25, 0.3) is 5.91 Å². The third-order valence-electron chi connectivity index (χ3n) is 4.03. The number of aliphatic carboxylic acids is 1. The van der Waals surface area contributed by atoms with E-state index < -0.39 is 12.0 Å². The molecule has 0 aliphatic heterocycles. The third-order valence-corrected chi connectivity index (χ3v) is 4.03. The van der Waals surface area contributed by atoms with Gasteiger partial charge in [0, 0.05) is 19.2 Å². The number of nitrogens with one attached hydrogen (secondary N) is 2. The van der Waals surface area contributed by atoms with Crippen molar-refractivity contribution >= 4 is 23.4 Å². The van der Waals surface area contributed by atoms with Crippen LogP contribution < -0.4 is 10.6 Å². The highest BCUT2D eigenvalue weighted by Crippen LogP contribution is 2.11. The molecule has 1 unspecified atom stereocenters. The molecular weight excluding hydrogens is 336 g/mol. The number of imidazole rings is 1. The quantitative estimate of drug-likeness (QED) is 0.587. The summed E-state index contributed by atoms with van der Waals surface area (Å²) in [7, 11) is 0. The lowest BCUT2D eigenvalue weighted by Gasteiger charge is -2.09. The van der Waals surface area contributed by atoms with Crippen LogP contribution in [0.5, 0.6) is 0 Å². The molecule has 8 nitrogen and oxygen atoms in total. The number of pyridine rings is 1. The highest BCUT2D eigenvalue weighted by molar-refractivity contribution is 5.94. The molecule has 8 heteroatoms. The Labute approximate surface area is 151 Å². The fraction of sp³-hybridized carbons (Fsp3) is 0.444. The number of hydrogen-bond donors (Lipinski definition) is 3. The Kier molecular flexibility index (Phi) is 6.71. The van der Waals surface area contributed by atoms with Gasteiger partial charge >= 0.3 is 5.97 Å². The van der Waals surface area contributed by atoms with E-state index in [1.807, 2.05) is 18.2 Å². The van der Waals surface area contributed by atoms with Crippen LogP contribution in [0.2, 0.25) is 0 Å². The smallest absolute Gasteiger partial charge is 0.325 e. The highest BCUT2D eigenvalue weighted by Gasteiger charge is 2.16. The number of unbranched alkanes of at least 4 members (excludes halogenated alkanes) is 2. The van der Waals surface area contributed by atoms with Gasteiger partial charge in [-0.15, -0.1) is 0 Å². The van der Waals surface area contributed by atoms with Crippen LogP contribution in [-0.2, 0) is 9.59 Å². The van der Waals surface area contributed by atoms with Crippen LogP contribution in [0.3, 0.4) is 0 Å². The molecule has 0 aliphatic carbocycles. The minimum absolute atomic E-state index is 0.172. The maximum Gasteiger partial charge on any atom is 0.325 e. The van der Waals surface area contributed by atoms with E-state index in [0.29, 0.717) is 24.4 Å². The zero-order valence-electron chi connectivity index (χ0n) is 15.0. The fourth-order valence-corrected chi connectivity index (χ4v) is 2.64. The first-order valence-electron chi connectivity index (χ1n) is 8.64. The second-order valence-corrected chi connectivity index (χ2v) is 6.17. The number of amides is 2. The van der Waals surface area contributed by atoms with Crippen molar-refractivity contribution in [2.45, 2.75) is 45.6 Å². The molecule has 2 aromatic heterocycles. The van der Waals surface area contributed by atoms with E-state index in [1.54, 1.807) is 17.5 Å². The number of carboxylic acids is 1. The van der Waals surface area contributed by atoms with Crippen molar-refractivity contribution in [3.05, 3.63) is 35.8 Å². The Hall–Kier alpha value is -2.90. The molecule has 0 aromatic carbocycles. The van der Waals surface area contributed by atoms with Gasteiger partial charge < -0.3 is 15.7 Å². The molecule has 0 bridgehead atoms. The summed E-state index contributed by atoms with van der Waals surface area (Å²) in [4.78, 5) is 39.0. The van der Waals surface area contributed by atoms with Gasteiger partial charge in [-0.05, 0) is 38.8 Å². The summed E-state index contributed by atoms with van der Waals surface area (Å²) in [6.07, 6.45) is 4.23. The van der Waals surface area contributed by atoms with Gasteiger partial charge in [0.1, 0.15) is 17.4 Å². The van der Waals surface area contributed by atoms with Gasteiger partial charge in [0.2, 0.25) is 5.91 Å². The van der Waals surface area contributed by atoms with E-state index in [0.717, 1.165) is 18.5 Å². The van der Waals surface area contributed by atoms with E-state index in [-0.39, 0.29) is 18.2 Å². The molecule has 0 spiro atoms. The van der Waals surface area contributed by atoms with E-state index in [4.69, 9.17) is 5.11 Å². The molecule has 26 heavy (non-hydrogen) atoms. The zero-order valence-corrected chi connectivity index (χ0v) is 15.0. The minimum atomic E-state index is -1.05. The molecule has 0 saturated heterocycles. The fourth-order valence-electron chi connectivity index (χ4n) is 2.64. The van der Waals surface area contributed by atoms with Crippen LogP contribution in [0.25, 0.3) is 5.65 Å². The van der Waals surface area contributed by atoms with Crippen molar-refractivity contribution in [2.75, 3.05) is 6.54 Å². The molecule has 3 N–H and O–H groups in total. The first-order chi connectivity index (χ1) is 12.4. The van der Waals surface area contributed by atoms with Gasteiger partial charge in [0.15, 0.2) is 0 Å². The lowest BCUT2D eigenvalue weighted by molar-refractivity contribution is -0.141. The number of carbonyl (C=O) groups excluding carboxylic acids is 2. The molecule has 0 saturated carbocycles. The molecule has 0 aliphatic rings. The van der Waals surface area contributed by atoms with Gasteiger partial charge in [0.05, 0.1) is 5.69 Å². The van der Waals surface area contributed by atoms with Crippen molar-refractivity contribution in [2.24, 2.45) is 0 Å². The summed E-state index contributed by atoms with van der Waals surface area (Å²) in [5.74, 6) is -1.50. The summed E-state index contributed by atoms with van der Waals surface area (Å²) >= 11 is 0. The number of aromatic nitrogens is 2. The predicted octanol–water partition coefficient (Wildman–Crippen LogP) is 1.52. The predicted molar refractivity (Wildman–Crippen MR) is 96.0 cm³/mol. The molecule has 2 amide bonds. The molecule has 0 fully saturated rings. The van der Waals surface area contributed by atoms with E-state index in [2.05, 4.69) is 15.6 Å². The van der Waals surface area contributed by atoms with E-state index >= 15 is 0 Å². The molecule has 140 valence electrons. The Morgan fingerprint density at radius 3 is 2.73 bits per heavy atom. The van der Waals surface area contributed by atoms with Crippen LogP contribution >= 0.6 is 0 Å². The molecule has 1 atom stereocenters. The zero-order chi connectivity index (χ0) is 19.1. The molecule has 2 heterocycles. The number of carbonyl (C=O) groups is 3. The Balaban J connectivity index is 1.70. The second-order valence-electron chi connectivity index (χ2n) is 6.17. The van der Waals surface area contributed by atoms with Crippen LogP contribution in [-0.4, -0.2) is 44.9 Å². The van der Waals surface area contributed by atoms with Gasteiger partial charge in [-0.25, -0.2) is 4.98 Å². The maximum atomic E-state index is 12.4. The largest absolute Gasteiger partial charge is 0.480 e. The van der Waals surface area contributed by atoms with Crippen molar-refractivity contribution in [1.82, 2.24) is 20.0 Å². The summed E-state index contributed by atoms with van der Waals surface area (Å²) in [6.45, 7) is 3.74. The van der Waals surface area contributed by atoms with Crippen molar-refractivity contribution < 1.29 is 19.5 Å². The summed E-state index contributed by atoms with van der Waals surface area (Å²) in [5.41, 5.74) is 1.94. The Bertz CT molecular complexity index is 800. The molecule has 2 aromatic rings. The maximum absolute atomic E-state index is 12.4. The van der Waals surface area contributed by atoms with E-state index in [1.165, 1.54) is 6.92 Å². The van der Waals surface area contributed by atoms with Crippen LogP contribution in [0.1, 0.15) is 48.8 Å². The number of rotatable bonds is 9. The monoisotopic (exact) mass is 360 g/mol. The van der Waals surface area contributed by atoms with Crippen molar-refractivity contribution in [3.8, 4) is 0 Å². The topological polar surface area (TPSA) is 113 Å². The van der Waals surface area contributed by atoms with Crippen LogP contribution in [0.4, 0.5) is 0 Å².